The van der Waals surface area contributed by atoms with Crippen LogP contribution >= 0.6 is 0 Å². The van der Waals surface area contributed by atoms with E-state index in [9.17, 15) is 9.59 Å². The van der Waals surface area contributed by atoms with Gasteiger partial charge in [0.2, 0.25) is 0 Å². The highest BCUT2D eigenvalue weighted by molar-refractivity contribution is 5.95. The summed E-state index contributed by atoms with van der Waals surface area (Å²) in [6.45, 7) is 5.57. The number of amides is 1. The summed E-state index contributed by atoms with van der Waals surface area (Å²) >= 11 is 0. The maximum atomic E-state index is 12.1. The molecule has 0 fully saturated rings. The molecule has 1 heterocycles. The maximum absolute atomic E-state index is 12.1. The van der Waals surface area contributed by atoms with E-state index in [0.29, 0.717) is 22.5 Å². The first-order valence-corrected chi connectivity index (χ1v) is 8.07. The van der Waals surface area contributed by atoms with Crippen molar-refractivity contribution in [2.45, 2.75) is 20.8 Å². The number of pyridine rings is 1. The molecule has 0 atom stereocenters. The monoisotopic (exact) mass is 336 g/mol. The Kier molecular flexibility index (Phi) is 4.57. The van der Waals surface area contributed by atoms with Crippen LogP contribution in [0.25, 0.3) is 10.9 Å². The number of ether oxygens (including phenoxy) is 1. The average Bonchev–Trinajstić information content (AvgIpc) is 2.59. The van der Waals surface area contributed by atoms with Gasteiger partial charge in [-0.2, -0.15) is 0 Å². The molecule has 0 saturated carbocycles. The fourth-order valence-electron chi connectivity index (χ4n) is 2.70. The zero-order valence-corrected chi connectivity index (χ0v) is 14.5. The number of H-pyrrole nitrogens is 1. The second kappa shape index (κ2) is 6.81. The number of benzene rings is 2. The molecule has 0 aliphatic carbocycles. The zero-order chi connectivity index (χ0) is 18.0. The van der Waals surface area contributed by atoms with Crippen molar-refractivity contribution in [3.8, 4) is 5.75 Å². The molecule has 3 rings (SSSR count). The van der Waals surface area contributed by atoms with Crippen LogP contribution in [0, 0.1) is 20.8 Å². The third-order valence-electron chi connectivity index (χ3n) is 4.31. The van der Waals surface area contributed by atoms with Gasteiger partial charge in [-0.3, -0.25) is 9.59 Å². The lowest BCUT2D eigenvalue weighted by Crippen LogP contribution is -2.20. The third-order valence-corrected chi connectivity index (χ3v) is 4.31. The molecule has 1 aromatic heterocycles. The van der Waals surface area contributed by atoms with Crippen LogP contribution < -0.4 is 15.6 Å². The van der Waals surface area contributed by atoms with Crippen molar-refractivity contribution < 1.29 is 9.53 Å². The van der Waals surface area contributed by atoms with Crippen LogP contribution in [0.4, 0.5) is 5.69 Å². The molecule has 5 nitrogen and oxygen atoms in total. The second-order valence-electron chi connectivity index (χ2n) is 6.07. The molecule has 0 unspecified atom stereocenters. The fraction of sp³-hybridized carbons (Fsp3) is 0.200. The maximum Gasteiger partial charge on any atom is 0.262 e. The molecule has 128 valence electrons. The number of nitrogens with one attached hydrogen (secondary N) is 2. The van der Waals surface area contributed by atoms with Crippen molar-refractivity contribution in [2.75, 3.05) is 11.9 Å². The number of aromatic nitrogens is 1. The molecule has 2 aromatic carbocycles. The Labute approximate surface area is 145 Å². The Hall–Kier alpha value is -3.08. The number of rotatable bonds is 4. The van der Waals surface area contributed by atoms with Crippen molar-refractivity contribution in [2.24, 2.45) is 0 Å². The number of hydrogen-bond donors (Lipinski definition) is 2. The van der Waals surface area contributed by atoms with Gasteiger partial charge in [-0.15, -0.1) is 0 Å². The number of fused-ring (bicyclic) bond motifs is 1. The summed E-state index contributed by atoms with van der Waals surface area (Å²) in [6.07, 6.45) is 0. The van der Waals surface area contributed by atoms with Crippen molar-refractivity contribution in [1.82, 2.24) is 4.98 Å². The van der Waals surface area contributed by atoms with E-state index < -0.39 is 0 Å². The number of anilines is 1. The highest BCUT2D eigenvalue weighted by atomic mass is 16.5. The average molecular weight is 336 g/mol. The molecule has 0 radical (unpaired) electrons. The molecule has 0 aliphatic rings. The van der Waals surface area contributed by atoms with Gasteiger partial charge >= 0.3 is 0 Å². The molecule has 0 bridgehead atoms. The van der Waals surface area contributed by atoms with Gasteiger partial charge in [0, 0.05) is 16.6 Å². The van der Waals surface area contributed by atoms with E-state index >= 15 is 0 Å². The van der Waals surface area contributed by atoms with Gasteiger partial charge in [0.05, 0.1) is 5.52 Å². The molecule has 5 heteroatoms. The van der Waals surface area contributed by atoms with Crippen molar-refractivity contribution in [1.29, 1.82) is 0 Å². The van der Waals surface area contributed by atoms with Gasteiger partial charge < -0.3 is 15.0 Å². The van der Waals surface area contributed by atoms with Gasteiger partial charge in [-0.25, -0.2) is 0 Å². The van der Waals surface area contributed by atoms with Crippen LogP contribution in [-0.2, 0) is 4.79 Å². The quantitative estimate of drug-likeness (QED) is 0.766. The van der Waals surface area contributed by atoms with Gasteiger partial charge in [0.15, 0.2) is 6.61 Å². The van der Waals surface area contributed by atoms with E-state index in [1.165, 1.54) is 0 Å². The van der Waals surface area contributed by atoms with Gasteiger partial charge in [0.25, 0.3) is 11.5 Å². The lowest BCUT2D eigenvalue weighted by Gasteiger charge is -2.11. The number of para-hydroxylation sites is 1. The highest BCUT2D eigenvalue weighted by Crippen LogP contribution is 2.21. The van der Waals surface area contributed by atoms with Crippen molar-refractivity contribution in [3.05, 3.63) is 69.5 Å². The summed E-state index contributed by atoms with van der Waals surface area (Å²) in [6, 6.07) is 13.0. The molecule has 0 spiro atoms. The highest BCUT2D eigenvalue weighted by Gasteiger charge is 2.08. The van der Waals surface area contributed by atoms with E-state index in [1.807, 2.05) is 50.2 Å². The van der Waals surface area contributed by atoms with Crippen LogP contribution in [0.3, 0.4) is 0 Å². The summed E-state index contributed by atoms with van der Waals surface area (Å²) in [4.78, 5) is 26.9. The molecular formula is C20H20N2O3. The summed E-state index contributed by atoms with van der Waals surface area (Å²) in [5.41, 5.74) is 3.83. The lowest BCUT2D eigenvalue weighted by molar-refractivity contribution is -0.118. The molecular weight excluding hydrogens is 316 g/mol. The predicted molar refractivity (Wildman–Crippen MR) is 99.3 cm³/mol. The van der Waals surface area contributed by atoms with E-state index in [-0.39, 0.29) is 18.1 Å². The van der Waals surface area contributed by atoms with Crippen LogP contribution in [0.5, 0.6) is 5.75 Å². The number of carbonyl (C=O) groups is 1. The van der Waals surface area contributed by atoms with E-state index in [2.05, 4.69) is 10.3 Å². The first-order valence-electron chi connectivity index (χ1n) is 8.07. The topological polar surface area (TPSA) is 71.2 Å². The smallest absolute Gasteiger partial charge is 0.262 e. The summed E-state index contributed by atoms with van der Waals surface area (Å²) in [7, 11) is 0. The first kappa shape index (κ1) is 16.8. The summed E-state index contributed by atoms with van der Waals surface area (Å²) < 4.78 is 5.54. The van der Waals surface area contributed by atoms with Gasteiger partial charge in [-0.05, 0) is 50.1 Å². The normalized spacial score (nSPS) is 10.7. The molecule has 0 aliphatic heterocycles. The minimum absolute atomic E-state index is 0.0770. The van der Waals surface area contributed by atoms with Gasteiger partial charge in [-0.1, -0.05) is 24.3 Å². The largest absolute Gasteiger partial charge is 0.483 e. The molecule has 1 amide bonds. The fourth-order valence-corrected chi connectivity index (χ4v) is 2.70. The summed E-state index contributed by atoms with van der Waals surface area (Å²) in [5, 5.41) is 3.76. The van der Waals surface area contributed by atoms with E-state index in [1.54, 1.807) is 13.0 Å². The minimum Gasteiger partial charge on any atom is -0.483 e. The van der Waals surface area contributed by atoms with Crippen LogP contribution in [-0.4, -0.2) is 17.5 Å². The van der Waals surface area contributed by atoms with E-state index in [0.717, 1.165) is 16.5 Å². The Morgan fingerprint density at radius 2 is 1.84 bits per heavy atom. The van der Waals surface area contributed by atoms with Gasteiger partial charge in [0.1, 0.15) is 5.75 Å². The Balaban J connectivity index is 1.74. The Bertz CT molecular complexity index is 1010. The summed E-state index contributed by atoms with van der Waals surface area (Å²) in [5.74, 6) is 0.431. The SMILES string of the molecule is Cc1ccccc1OCC(=O)Nc1ccc2c(C)c(C)c(=O)[nH]c2c1. The number of hydrogen-bond acceptors (Lipinski definition) is 3. The molecule has 25 heavy (non-hydrogen) atoms. The minimum atomic E-state index is -0.256. The molecule has 0 saturated heterocycles. The molecule has 2 N–H and O–H groups in total. The Morgan fingerprint density at radius 3 is 2.60 bits per heavy atom. The predicted octanol–water partition coefficient (Wildman–Crippen LogP) is 3.47. The van der Waals surface area contributed by atoms with Crippen molar-refractivity contribution in [3.63, 3.8) is 0 Å². The second-order valence-corrected chi connectivity index (χ2v) is 6.07. The third kappa shape index (κ3) is 3.55. The molecule has 3 aromatic rings. The zero-order valence-electron chi connectivity index (χ0n) is 14.5. The van der Waals surface area contributed by atoms with Crippen LogP contribution in [0.1, 0.15) is 16.7 Å². The first-order chi connectivity index (χ1) is 12.0. The Morgan fingerprint density at radius 1 is 1.08 bits per heavy atom. The van der Waals surface area contributed by atoms with Crippen LogP contribution in [0.15, 0.2) is 47.3 Å². The standard InChI is InChI=1S/C20H20N2O3/c1-12-6-4-5-7-18(12)25-11-19(23)21-15-8-9-16-13(2)14(3)20(24)22-17(16)10-15/h4-10H,11H2,1-3H3,(H,21,23)(H,22,24). The van der Waals surface area contributed by atoms with Crippen LogP contribution in [0.2, 0.25) is 0 Å². The number of aromatic amines is 1. The van der Waals surface area contributed by atoms with Crippen molar-refractivity contribution >= 4 is 22.5 Å². The lowest BCUT2D eigenvalue weighted by atomic mass is 10.1. The van der Waals surface area contributed by atoms with E-state index in [4.69, 9.17) is 4.74 Å². The number of aryl methyl sites for hydroxylation is 2. The number of carbonyl (C=O) groups excluding carboxylic acids is 1.